The Hall–Kier alpha value is -2.91. The number of allylic oxidation sites excluding steroid dienone is 2. The van der Waals surface area contributed by atoms with Crippen molar-refractivity contribution in [3.63, 3.8) is 0 Å². The normalized spacial score (nSPS) is 28.6. The molecule has 9 heteroatoms. The molecule has 1 aromatic carbocycles. The number of primary amides is 1. The van der Waals surface area contributed by atoms with E-state index in [1.54, 1.807) is 27.1 Å². The minimum atomic E-state index is -0.734. The average Bonchev–Trinajstić information content (AvgIpc) is 2.81. The zero-order chi connectivity index (χ0) is 26.5. The molecule has 8 nitrogen and oxygen atoms in total. The average molecular weight is 502 g/mol. The summed E-state index contributed by atoms with van der Waals surface area (Å²) in [6, 6.07) is 2.30. The second kappa shape index (κ2) is 9.86. The Morgan fingerprint density at radius 3 is 2.53 bits per heavy atom. The summed E-state index contributed by atoms with van der Waals surface area (Å²) < 4.78 is 13.0. The smallest absolute Gasteiger partial charge is 0.248 e. The van der Waals surface area contributed by atoms with Crippen LogP contribution in [0.4, 0.5) is 4.39 Å². The van der Waals surface area contributed by atoms with Crippen LogP contribution in [-0.4, -0.2) is 64.8 Å². The molecule has 6 atom stereocenters. The molecule has 0 aliphatic heterocycles. The van der Waals surface area contributed by atoms with Gasteiger partial charge < -0.3 is 26.4 Å². The van der Waals surface area contributed by atoms with Gasteiger partial charge in [0.25, 0.3) is 0 Å². The maximum atomic E-state index is 13.8. The summed E-state index contributed by atoms with van der Waals surface area (Å²) >= 11 is 0. The quantitative estimate of drug-likeness (QED) is 0.388. The molecule has 0 bridgehead atoms. The minimum absolute atomic E-state index is 0.0675. The third-order valence-electron chi connectivity index (χ3n) is 8.23. The van der Waals surface area contributed by atoms with E-state index in [1.165, 1.54) is 6.07 Å². The van der Waals surface area contributed by atoms with Crippen molar-refractivity contribution in [2.45, 2.75) is 51.7 Å². The number of carbonyl (C=O) groups is 2. The van der Waals surface area contributed by atoms with Crippen LogP contribution >= 0.6 is 0 Å². The molecule has 0 spiro atoms. The van der Waals surface area contributed by atoms with Crippen LogP contribution in [0.5, 0.6) is 5.75 Å². The van der Waals surface area contributed by atoms with Crippen LogP contribution in [0.25, 0.3) is 0 Å². The van der Waals surface area contributed by atoms with E-state index in [1.807, 2.05) is 11.8 Å². The molecule has 4 rings (SSSR count). The molecule has 6 N–H and O–H groups in total. The van der Waals surface area contributed by atoms with Gasteiger partial charge in [0.05, 0.1) is 17.2 Å². The lowest BCUT2D eigenvalue weighted by molar-refractivity contribution is -0.116. The summed E-state index contributed by atoms with van der Waals surface area (Å²) in [6.07, 6.45) is 1.38. The number of benzene rings is 1. The van der Waals surface area contributed by atoms with E-state index in [2.05, 4.69) is 5.32 Å². The van der Waals surface area contributed by atoms with Gasteiger partial charge in [-0.1, -0.05) is 13.0 Å². The Morgan fingerprint density at radius 2 is 1.94 bits per heavy atom. The number of hydrogen-bond acceptors (Lipinski definition) is 7. The molecule has 0 radical (unpaired) electrons. The number of alkyl halides is 1. The highest BCUT2D eigenvalue weighted by atomic mass is 19.1. The third-order valence-corrected chi connectivity index (χ3v) is 8.23. The number of likely N-dealkylation sites (N-methyl/N-ethyl adjacent to an activating group) is 1. The molecule has 1 aromatic rings. The van der Waals surface area contributed by atoms with Crippen LogP contribution in [0.1, 0.15) is 48.2 Å². The SMILES string of the molecule is CCC1C(C(N)=O)=C(O)C(N(C)C)C2CC3Cc4c(CNC(C)CF)ccc(O)c4C(=O)C3=C(O)C12. The number of nitrogens with two attached hydrogens (primary N) is 1. The van der Waals surface area contributed by atoms with Crippen molar-refractivity contribution in [3.8, 4) is 5.75 Å². The van der Waals surface area contributed by atoms with Gasteiger partial charge >= 0.3 is 0 Å². The molecule has 3 aliphatic carbocycles. The largest absolute Gasteiger partial charge is 0.512 e. The minimum Gasteiger partial charge on any atom is -0.512 e. The fourth-order valence-corrected chi connectivity index (χ4v) is 6.66. The lowest BCUT2D eigenvalue weighted by atomic mass is 9.57. The highest BCUT2D eigenvalue weighted by Gasteiger charge is 2.54. The highest BCUT2D eigenvalue weighted by molar-refractivity contribution is 6.13. The molecular weight excluding hydrogens is 465 g/mol. The lowest BCUT2D eigenvalue weighted by Crippen LogP contribution is -2.52. The fraction of sp³-hybridized carbons (Fsp3) is 0.556. The summed E-state index contributed by atoms with van der Waals surface area (Å²) in [5, 5.41) is 36.5. The molecule has 1 amide bonds. The monoisotopic (exact) mass is 501 g/mol. The van der Waals surface area contributed by atoms with E-state index in [9.17, 15) is 29.3 Å². The molecule has 196 valence electrons. The molecule has 3 aliphatic rings. The topological polar surface area (TPSA) is 136 Å². The van der Waals surface area contributed by atoms with E-state index in [0.29, 0.717) is 31.4 Å². The van der Waals surface area contributed by atoms with Gasteiger partial charge in [0.15, 0.2) is 5.78 Å². The highest BCUT2D eigenvalue weighted by Crippen LogP contribution is 2.54. The van der Waals surface area contributed by atoms with Crippen LogP contribution in [0.3, 0.4) is 0 Å². The van der Waals surface area contributed by atoms with Crippen LogP contribution < -0.4 is 11.1 Å². The maximum Gasteiger partial charge on any atom is 0.248 e. The first-order valence-electron chi connectivity index (χ1n) is 12.5. The predicted molar refractivity (Wildman–Crippen MR) is 133 cm³/mol. The number of Topliss-reactive ketones (excluding diaryl/α,β-unsaturated/α-hetero) is 1. The third kappa shape index (κ3) is 4.08. The Labute approximate surface area is 210 Å². The molecule has 36 heavy (non-hydrogen) atoms. The molecule has 0 heterocycles. The number of nitrogens with one attached hydrogen (secondary N) is 1. The maximum absolute atomic E-state index is 13.8. The number of phenols is 1. The predicted octanol–water partition coefficient (Wildman–Crippen LogP) is 2.91. The van der Waals surface area contributed by atoms with Gasteiger partial charge in [-0.05, 0) is 69.3 Å². The number of carbonyl (C=O) groups excluding carboxylic acids is 2. The number of ketones is 1. The molecule has 0 aromatic heterocycles. The van der Waals surface area contributed by atoms with Gasteiger partial charge in [-0.3, -0.25) is 14.5 Å². The van der Waals surface area contributed by atoms with Crippen molar-refractivity contribution in [2.75, 3.05) is 20.8 Å². The van der Waals surface area contributed by atoms with Gasteiger partial charge in [0.1, 0.15) is 23.9 Å². The summed E-state index contributed by atoms with van der Waals surface area (Å²) in [5.41, 5.74) is 7.70. The Kier molecular flexibility index (Phi) is 7.16. The van der Waals surface area contributed by atoms with E-state index in [-0.39, 0.29) is 51.9 Å². The van der Waals surface area contributed by atoms with Gasteiger partial charge in [-0.2, -0.15) is 0 Å². The number of halogens is 1. The van der Waals surface area contributed by atoms with E-state index >= 15 is 0 Å². The lowest BCUT2D eigenvalue weighted by Gasteiger charge is -2.50. The van der Waals surface area contributed by atoms with Gasteiger partial charge in [0.2, 0.25) is 5.91 Å². The second-order valence-electron chi connectivity index (χ2n) is 10.6. The van der Waals surface area contributed by atoms with Crippen LogP contribution in [-0.2, 0) is 17.8 Å². The second-order valence-corrected chi connectivity index (χ2v) is 10.6. The van der Waals surface area contributed by atoms with Gasteiger partial charge in [0, 0.05) is 30.0 Å². The Balaban J connectivity index is 1.84. The van der Waals surface area contributed by atoms with Crippen molar-refractivity contribution >= 4 is 11.7 Å². The number of aliphatic hydroxyl groups excluding tert-OH is 2. The van der Waals surface area contributed by atoms with Crippen molar-refractivity contribution in [3.05, 3.63) is 51.5 Å². The van der Waals surface area contributed by atoms with Crippen molar-refractivity contribution in [1.29, 1.82) is 0 Å². The Bertz CT molecular complexity index is 1140. The zero-order valence-corrected chi connectivity index (χ0v) is 21.2. The number of aromatic hydroxyl groups is 1. The summed E-state index contributed by atoms with van der Waals surface area (Å²) in [5.74, 6) is -3.13. The molecule has 0 saturated heterocycles. The fourth-order valence-electron chi connectivity index (χ4n) is 6.66. The van der Waals surface area contributed by atoms with Gasteiger partial charge in [-0.25, -0.2) is 4.39 Å². The number of nitrogens with zero attached hydrogens (tertiary/aromatic N) is 1. The Morgan fingerprint density at radius 1 is 1.25 bits per heavy atom. The first kappa shape index (κ1) is 26.2. The first-order valence-corrected chi connectivity index (χ1v) is 12.5. The number of amides is 1. The molecular formula is C27H36FN3O5. The van der Waals surface area contributed by atoms with Crippen LogP contribution in [0, 0.1) is 23.7 Å². The zero-order valence-electron chi connectivity index (χ0n) is 21.2. The number of phenolic OH excluding ortho intramolecular Hbond substituents is 1. The number of hydrogen-bond donors (Lipinski definition) is 5. The van der Waals surface area contributed by atoms with Crippen molar-refractivity contribution in [2.24, 2.45) is 29.4 Å². The standard InChI is InChI=1S/C27H36FN3O5/c1-5-15-20-17(23(31(3)4)26(35)22(15)27(29)36)9-14-8-16-13(11-30-12(2)10-28)6-7-18(32)21(16)25(34)19(14)24(20)33/h6-7,12,14-15,17,20,23,30,32-33,35H,5,8-11H2,1-4H3,(H2,29,36). The summed E-state index contributed by atoms with van der Waals surface area (Å²) in [7, 11) is 3.60. The number of aliphatic hydroxyl groups is 2. The van der Waals surface area contributed by atoms with Crippen molar-refractivity contribution in [1.82, 2.24) is 10.2 Å². The van der Waals surface area contributed by atoms with E-state index < -0.39 is 36.2 Å². The summed E-state index contributed by atoms with van der Waals surface area (Å²) in [4.78, 5) is 28.0. The number of rotatable bonds is 7. The van der Waals surface area contributed by atoms with E-state index in [0.717, 1.165) is 5.56 Å². The van der Waals surface area contributed by atoms with Crippen LogP contribution in [0.15, 0.2) is 34.8 Å². The molecule has 0 saturated carbocycles. The van der Waals surface area contributed by atoms with E-state index in [4.69, 9.17) is 5.73 Å². The van der Waals surface area contributed by atoms with Crippen LogP contribution in [0.2, 0.25) is 0 Å². The number of fused-ring (bicyclic) bond motifs is 3. The molecule has 6 unspecified atom stereocenters. The summed E-state index contributed by atoms with van der Waals surface area (Å²) in [6.45, 7) is 3.40. The van der Waals surface area contributed by atoms with Crippen molar-refractivity contribution < 1.29 is 29.3 Å². The molecule has 0 fully saturated rings. The van der Waals surface area contributed by atoms with Gasteiger partial charge in [-0.15, -0.1) is 0 Å². The first-order chi connectivity index (χ1) is 17.0.